The van der Waals surface area contributed by atoms with Crippen LogP contribution >= 0.6 is 0 Å². The standard InChI is InChI=1S/C15H28N2O/c1-3-4-15(2,8-16)9-17-7-11-5-10-6-12(11)13(17)14(10)18/h10-14,18H,3-9,16H2,1-2H3. The Morgan fingerprint density at radius 3 is 2.72 bits per heavy atom. The van der Waals surface area contributed by atoms with Gasteiger partial charge in [-0.25, -0.2) is 0 Å². The molecule has 18 heavy (non-hydrogen) atoms. The molecule has 6 atom stereocenters. The molecule has 1 heterocycles. The van der Waals surface area contributed by atoms with Crippen molar-refractivity contribution in [1.29, 1.82) is 0 Å². The first-order valence-corrected chi connectivity index (χ1v) is 7.70. The molecule has 0 aromatic carbocycles. The molecule has 2 aliphatic carbocycles. The van der Waals surface area contributed by atoms with E-state index in [2.05, 4.69) is 18.7 Å². The first-order valence-electron chi connectivity index (χ1n) is 7.70. The van der Waals surface area contributed by atoms with Crippen molar-refractivity contribution in [3.05, 3.63) is 0 Å². The summed E-state index contributed by atoms with van der Waals surface area (Å²) in [5, 5.41) is 10.4. The van der Waals surface area contributed by atoms with E-state index in [1.807, 2.05) is 0 Å². The van der Waals surface area contributed by atoms with Gasteiger partial charge in [-0.1, -0.05) is 20.3 Å². The number of fused-ring (bicyclic) bond motifs is 1. The number of aliphatic hydroxyl groups is 1. The number of nitrogens with zero attached hydrogens (tertiary/aromatic N) is 1. The number of hydrogen-bond donors (Lipinski definition) is 2. The highest BCUT2D eigenvalue weighted by Gasteiger charge is 2.59. The maximum absolute atomic E-state index is 10.4. The van der Waals surface area contributed by atoms with Crippen LogP contribution in [0.3, 0.4) is 0 Å². The van der Waals surface area contributed by atoms with E-state index in [-0.39, 0.29) is 11.5 Å². The molecule has 3 rings (SSSR count). The molecule has 6 unspecified atom stereocenters. The molecule has 1 aliphatic heterocycles. The van der Waals surface area contributed by atoms with Crippen LogP contribution in [0.4, 0.5) is 0 Å². The van der Waals surface area contributed by atoms with Crippen LogP contribution in [0.5, 0.6) is 0 Å². The highest BCUT2D eigenvalue weighted by atomic mass is 16.3. The monoisotopic (exact) mass is 252 g/mol. The number of nitrogens with two attached hydrogens (primary N) is 1. The van der Waals surface area contributed by atoms with Crippen molar-refractivity contribution in [2.75, 3.05) is 19.6 Å². The summed E-state index contributed by atoms with van der Waals surface area (Å²) in [6.07, 6.45) is 4.88. The zero-order valence-electron chi connectivity index (χ0n) is 11.8. The van der Waals surface area contributed by atoms with Crippen molar-refractivity contribution in [2.24, 2.45) is 28.9 Å². The first kappa shape index (κ1) is 12.9. The third-order valence-electron chi connectivity index (χ3n) is 5.88. The van der Waals surface area contributed by atoms with Crippen LogP contribution in [-0.4, -0.2) is 41.8 Å². The minimum Gasteiger partial charge on any atom is -0.391 e. The van der Waals surface area contributed by atoms with E-state index < -0.39 is 0 Å². The predicted octanol–water partition coefficient (Wildman–Crippen LogP) is 1.45. The highest BCUT2D eigenvalue weighted by molar-refractivity contribution is 5.11. The average Bonchev–Trinajstić information content (AvgIpc) is 2.91. The molecule has 104 valence electrons. The lowest BCUT2D eigenvalue weighted by atomic mass is 9.84. The smallest absolute Gasteiger partial charge is 0.0726 e. The van der Waals surface area contributed by atoms with Gasteiger partial charge in [-0.15, -0.1) is 0 Å². The van der Waals surface area contributed by atoms with Gasteiger partial charge >= 0.3 is 0 Å². The van der Waals surface area contributed by atoms with Crippen molar-refractivity contribution in [1.82, 2.24) is 4.90 Å². The molecule has 0 radical (unpaired) electrons. The van der Waals surface area contributed by atoms with Gasteiger partial charge in [0.1, 0.15) is 0 Å². The SMILES string of the molecule is CCCC(C)(CN)CN1CC2CC3CC2C1C3O. The van der Waals surface area contributed by atoms with Gasteiger partial charge in [-0.05, 0) is 49.0 Å². The topological polar surface area (TPSA) is 49.5 Å². The van der Waals surface area contributed by atoms with Gasteiger partial charge in [0.2, 0.25) is 0 Å². The Hall–Kier alpha value is -0.120. The average molecular weight is 252 g/mol. The number of aliphatic hydroxyl groups excluding tert-OH is 1. The van der Waals surface area contributed by atoms with Gasteiger partial charge in [0.25, 0.3) is 0 Å². The van der Waals surface area contributed by atoms with Crippen molar-refractivity contribution < 1.29 is 5.11 Å². The summed E-state index contributed by atoms with van der Waals surface area (Å²) in [5.74, 6) is 2.26. The van der Waals surface area contributed by atoms with Crippen LogP contribution in [0.15, 0.2) is 0 Å². The van der Waals surface area contributed by atoms with Crippen molar-refractivity contribution in [3.8, 4) is 0 Å². The molecule has 2 saturated carbocycles. The maximum atomic E-state index is 10.4. The van der Waals surface area contributed by atoms with Crippen molar-refractivity contribution >= 4 is 0 Å². The number of rotatable bonds is 5. The van der Waals surface area contributed by atoms with E-state index in [0.29, 0.717) is 12.0 Å². The molecule has 3 fully saturated rings. The van der Waals surface area contributed by atoms with Gasteiger partial charge in [-0.2, -0.15) is 0 Å². The molecule has 0 amide bonds. The van der Waals surface area contributed by atoms with E-state index >= 15 is 0 Å². The molecule has 0 spiro atoms. The minimum absolute atomic E-state index is 0.0580. The lowest BCUT2D eigenvalue weighted by molar-refractivity contribution is 0.0351. The highest BCUT2D eigenvalue weighted by Crippen LogP contribution is 2.55. The number of likely N-dealkylation sites (tertiary alicyclic amines) is 1. The largest absolute Gasteiger partial charge is 0.391 e. The molecule has 3 N–H and O–H groups in total. The lowest BCUT2D eigenvalue weighted by Gasteiger charge is -2.36. The van der Waals surface area contributed by atoms with E-state index in [4.69, 9.17) is 5.73 Å². The Morgan fingerprint density at radius 2 is 2.11 bits per heavy atom. The van der Waals surface area contributed by atoms with Crippen LogP contribution in [-0.2, 0) is 0 Å². The summed E-state index contributed by atoms with van der Waals surface area (Å²) >= 11 is 0. The molecular formula is C15H28N2O. The summed E-state index contributed by atoms with van der Waals surface area (Å²) in [6.45, 7) is 7.61. The molecular weight excluding hydrogens is 224 g/mol. The molecule has 0 aromatic rings. The van der Waals surface area contributed by atoms with E-state index in [1.54, 1.807) is 0 Å². The second kappa shape index (κ2) is 4.46. The quantitative estimate of drug-likeness (QED) is 0.778. The Labute approximate surface area is 111 Å². The normalized spacial score (nSPS) is 45.7. The van der Waals surface area contributed by atoms with Crippen LogP contribution in [0.1, 0.15) is 39.5 Å². The summed E-state index contributed by atoms with van der Waals surface area (Å²) in [6, 6.07) is 0.455. The fourth-order valence-corrected chi connectivity index (χ4v) is 5.06. The third-order valence-corrected chi connectivity index (χ3v) is 5.88. The van der Waals surface area contributed by atoms with E-state index in [9.17, 15) is 5.11 Å². The van der Waals surface area contributed by atoms with Crippen LogP contribution < -0.4 is 5.73 Å². The van der Waals surface area contributed by atoms with Crippen molar-refractivity contribution in [2.45, 2.75) is 51.7 Å². The van der Waals surface area contributed by atoms with Crippen LogP contribution in [0, 0.1) is 23.2 Å². The Balaban J connectivity index is 1.71. The van der Waals surface area contributed by atoms with Gasteiger partial charge in [-0.3, -0.25) is 4.90 Å². The van der Waals surface area contributed by atoms with Gasteiger partial charge in [0.15, 0.2) is 0 Å². The molecule has 3 heteroatoms. The minimum atomic E-state index is -0.0580. The predicted molar refractivity (Wildman–Crippen MR) is 73.1 cm³/mol. The second-order valence-corrected chi connectivity index (χ2v) is 7.33. The fourth-order valence-electron chi connectivity index (χ4n) is 5.06. The van der Waals surface area contributed by atoms with Gasteiger partial charge < -0.3 is 10.8 Å². The second-order valence-electron chi connectivity index (χ2n) is 7.33. The molecule has 2 bridgehead atoms. The Morgan fingerprint density at radius 1 is 1.33 bits per heavy atom. The Kier molecular flexibility index (Phi) is 3.20. The molecule has 1 saturated heterocycles. The summed E-state index contributed by atoms with van der Waals surface area (Å²) in [7, 11) is 0. The van der Waals surface area contributed by atoms with Gasteiger partial charge in [0, 0.05) is 19.1 Å². The first-order chi connectivity index (χ1) is 8.58. The molecule has 3 aliphatic rings. The summed E-state index contributed by atoms with van der Waals surface area (Å²) in [5.41, 5.74) is 6.23. The van der Waals surface area contributed by atoms with E-state index in [0.717, 1.165) is 24.9 Å². The summed E-state index contributed by atoms with van der Waals surface area (Å²) < 4.78 is 0. The van der Waals surface area contributed by atoms with Gasteiger partial charge in [0.05, 0.1) is 6.10 Å². The lowest BCUT2D eigenvalue weighted by Crippen LogP contribution is -2.47. The zero-order valence-corrected chi connectivity index (χ0v) is 11.8. The number of hydrogen-bond acceptors (Lipinski definition) is 3. The van der Waals surface area contributed by atoms with Crippen molar-refractivity contribution in [3.63, 3.8) is 0 Å². The van der Waals surface area contributed by atoms with Crippen LogP contribution in [0.25, 0.3) is 0 Å². The third kappa shape index (κ3) is 1.83. The van der Waals surface area contributed by atoms with Crippen LogP contribution in [0.2, 0.25) is 0 Å². The maximum Gasteiger partial charge on any atom is 0.0726 e. The van der Waals surface area contributed by atoms with E-state index in [1.165, 1.54) is 32.2 Å². The summed E-state index contributed by atoms with van der Waals surface area (Å²) in [4.78, 5) is 2.58. The molecule has 3 nitrogen and oxygen atoms in total. The Bertz CT molecular complexity index is 320. The fraction of sp³-hybridized carbons (Fsp3) is 1.00. The molecule has 0 aromatic heterocycles. The zero-order chi connectivity index (χ0) is 12.9.